The lowest BCUT2D eigenvalue weighted by molar-refractivity contribution is -0.124. The molecule has 0 spiro atoms. The van der Waals surface area contributed by atoms with E-state index in [4.69, 9.17) is 15.5 Å². The summed E-state index contributed by atoms with van der Waals surface area (Å²) < 4.78 is 7.40. The molecule has 1 fully saturated rings. The van der Waals surface area contributed by atoms with E-state index in [2.05, 4.69) is 26.4 Å². The summed E-state index contributed by atoms with van der Waals surface area (Å²) in [7, 11) is 0. The summed E-state index contributed by atoms with van der Waals surface area (Å²) in [4.78, 5) is 24.1. The maximum absolute atomic E-state index is 12.6. The molecule has 200 valence electrons. The van der Waals surface area contributed by atoms with Gasteiger partial charge in [-0.2, -0.15) is 10.4 Å². The van der Waals surface area contributed by atoms with Crippen molar-refractivity contribution in [2.75, 3.05) is 24.6 Å². The van der Waals surface area contributed by atoms with Crippen LogP contribution in [0.15, 0.2) is 61.2 Å². The van der Waals surface area contributed by atoms with Crippen LogP contribution in [0.1, 0.15) is 37.9 Å². The molecule has 5 rings (SSSR count). The van der Waals surface area contributed by atoms with Gasteiger partial charge in [-0.25, -0.2) is 9.50 Å². The highest BCUT2D eigenvalue weighted by atomic mass is 16.5. The van der Waals surface area contributed by atoms with E-state index in [0.29, 0.717) is 24.3 Å². The molecule has 4 aromatic rings. The van der Waals surface area contributed by atoms with E-state index >= 15 is 0 Å². The number of hydrogen-bond acceptors (Lipinski definition) is 8. The molecule has 10 heteroatoms. The van der Waals surface area contributed by atoms with Crippen LogP contribution >= 0.6 is 0 Å². The maximum atomic E-state index is 12.6. The van der Waals surface area contributed by atoms with Gasteiger partial charge >= 0.3 is 0 Å². The minimum absolute atomic E-state index is 0.154. The van der Waals surface area contributed by atoms with Crippen molar-refractivity contribution in [2.45, 2.75) is 44.7 Å². The molecule has 0 bridgehead atoms. The molecule has 1 unspecified atom stereocenters. The highest BCUT2D eigenvalue weighted by molar-refractivity contribution is 5.85. The fourth-order valence-corrected chi connectivity index (χ4v) is 5.11. The Morgan fingerprint density at radius 3 is 2.69 bits per heavy atom. The summed E-state index contributed by atoms with van der Waals surface area (Å²) in [6.45, 7) is 5.60. The number of ether oxygens (including phenoxy) is 1. The van der Waals surface area contributed by atoms with Crippen LogP contribution < -0.4 is 20.7 Å². The molecular weight excluding hydrogens is 492 g/mol. The quantitative estimate of drug-likeness (QED) is 0.359. The summed E-state index contributed by atoms with van der Waals surface area (Å²) in [5, 5.41) is 17.2. The third kappa shape index (κ3) is 5.54. The minimum Gasteiger partial charge on any atom is -0.492 e. The van der Waals surface area contributed by atoms with E-state index in [1.807, 2.05) is 49.5 Å². The molecule has 0 aliphatic carbocycles. The molecule has 1 amide bonds. The second-order valence-electron chi connectivity index (χ2n) is 9.93. The molecular formula is C29H32N8O2. The van der Waals surface area contributed by atoms with Gasteiger partial charge in [0.2, 0.25) is 5.91 Å². The van der Waals surface area contributed by atoms with Crippen LogP contribution in [0.2, 0.25) is 0 Å². The van der Waals surface area contributed by atoms with Crippen LogP contribution in [0.3, 0.4) is 0 Å². The number of pyridine rings is 3. The third-order valence-corrected chi connectivity index (χ3v) is 7.17. The number of fused-ring (bicyclic) bond motifs is 1. The number of piperidine rings is 1. The van der Waals surface area contributed by atoms with Gasteiger partial charge in [-0.3, -0.25) is 9.78 Å². The van der Waals surface area contributed by atoms with E-state index in [1.54, 1.807) is 30.0 Å². The summed E-state index contributed by atoms with van der Waals surface area (Å²) in [6, 6.07) is 13.4. The fourth-order valence-electron chi connectivity index (χ4n) is 5.11. The second kappa shape index (κ2) is 11.1. The van der Waals surface area contributed by atoms with E-state index in [-0.39, 0.29) is 5.91 Å². The predicted octanol–water partition coefficient (Wildman–Crippen LogP) is 3.11. The second-order valence-corrected chi connectivity index (χ2v) is 9.93. The van der Waals surface area contributed by atoms with Gasteiger partial charge in [-0.05, 0) is 57.0 Å². The molecule has 3 N–H and O–H groups in total. The number of anilines is 1. The van der Waals surface area contributed by atoms with Crippen molar-refractivity contribution < 1.29 is 9.53 Å². The molecule has 1 aliphatic rings. The van der Waals surface area contributed by atoms with Crippen molar-refractivity contribution in [3.05, 3.63) is 72.4 Å². The topological polar surface area (TPSA) is 134 Å². The van der Waals surface area contributed by atoms with Crippen LogP contribution in [0, 0.1) is 11.3 Å². The van der Waals surface area contributed by atoms with Gasteiger partial charge in [0, 0.05) is 54.3 Å². The Balaban J connectivity index is 1.37. The van der Waals surface area contributed by atoms with Gasteiger partial charge in [-0.15, -0.1) is 0 Å². The smallest absolute Gasteiger partial charge is 0.237 e. The molecule has 4 aromatic heterocycles. The van der Waals surface area contributed by atoms with E-state index in [0.717, 1.165) is 54.1 Å². The number of hydrogen-bond donors (Lipinski definition) is 2. The zero-order valence-electron chi connectivity index (χ0n) is 22.2. The SMILES string of the molecule is CCOc1cc(-c2ccc(N3CCC(Cc4ccccn4)(NC(=O)C(C)N)CC3)nc2)c2c(C#N)cnn2c1. The number of nitriles is 1. The number of nitrogens with zero attached hydrogens (tertiary/aromatic N) is 6. The van der Waals surface area contributed by atoms with E-state index in [1.165, 1.54) is 0 Å². The van der Waals surface area contributed by atoms with Crippen molar-refractivity contribution in [3.8, 4) is 22.9 Å². The van der Waals surface area contributed by atoms with Gasteiger partial charge in [0.15, 0.2) is 0 Å². The molecule has 1 aliphatic heterocycles. The van der Waals surface area contributed by atoms with Gasteiger partial charge in [0.1, 0.15) is 17.6 Å². The van der Waals surface area contributed by atoms with Gasteiger partial charge in [0.05, 0.1) is 36.1 Å². The van der Waals surface area contributed by atoms with Crippen molar-refractivity contribution in [2.24, 2.45) is 5.73 Å². The number of nitrogens with two attached hydrogens (primary N) is 1. The number of nitrogens with one attached hydrogen (secondary N) is 1. The van der Waals surface area contributed by atoms with Crippen molar-refractivity contribution in [1.29, 1.82) is 5.26 Å². The first-order chi connectivity index (χ1) is 18.9. The number of aromatic nitrogens is 4. The molecule has 1 saturated heterocycles. The third-order valence-electron chi connectivity index (χ3n) is 7.17. The first-order valence-electron chi connectivity index (χ1n) is 13.1. The molecule has 0 saturated carbocycles. The predicted molar refractivity (Wildman–Crippen MR) is 148 cm³/mol. The Kier molecular flexibility index (Phi) is 7.43. The molecule has 39 heavy (non-hydrogen) atoms. The van der Waals surface area contributed by atoms with Crippen molar-refractivity contribution >= 4 is 17.2 Å². The Bertz CT molecular complexity index is 1480. The van der Waals surface area contributed by atoms with Crippen LogP contribution in [-0.2, 0) is 11.2 Å². The molecule has 1 atom stereocenters. The van der Waals surface area contributed by atoms with Crippen LogP contribution in [0.5, 0.6) is 5.75 Å². The minimum atomic E-state index is -0.581. The monoisotopic (exact) mass is 524 g/mol. The maximum Gasteiger partial charge on any atom is 0.237 e. The van der Waals surface area contributed by atoms with Crippen molar-refractivity contribution in [1.82, 2.24) is 24.9 Å². The lowest BCUT2D eigenvalue weighted by Gasteiger charge is -2.43. The highest BCUT2D eigenvalue weighted by Gasteiger charge is 2.37. The Morgan fingerprint density at radius 2 is 2.05 bits per heavy atom. The first kappa shape index (κ1) is 26.1. The summed E-state index contributed by atoms with van der Waals surface area (Å²) in [5.74, 6) is 1.37. The van der Waals surface area contributed by atoms with Gasteiger partial charge in [0.25, 0.3) is 0 Å². The summed E-state index contributed by atoms with van der Waals surface area (Å²) >= 11 is 0. The zero-order valence-corrected chi connectivity index (χ0v) is 22.2. The van der Waals surface area contributed by atoms with Gasteiger partial charge in [-0.1, -0.05) is 6.07 Å². The Morgan fingerprint density at radius 1 is 1.23 bits per heavy atom. The van der Waals surface area contributed by atoms with Crippen LogP contribution in [0.25, 0.3) is 16.6 Å². The van der Waals surface area contributed by atoms with Crippen molar-refractivity contribution in [3.63, 3.8) is 0 Å². The average Bonchev–Trinajstić information content (AvgIpc) is 3.37. The van der Waals surface area contributed by atoms with Crippen LogP contribution in [0.4, 0.5) is 5.82 Å². The van der Waals surface area contributed by atoms with Crippen LogP contribution in [-0.4, -0.2) is 56.8 Å². The summed E-state index contributed by atoms with van der Waals surface area (Å²) in [6.07, 6.45) is 9.06. The van der Waals surface area contributed by atoms with Gasteiger partial charge < -0.3 is 20.7 Å². The molecule has 0 aromatic carbocycles. The van der Waals surface area contributed by atoms with E-state index in [9.17, 15) is 10.1 Å². The largest absolute Gasteiger partial charge is 0.492 e. The Labute approximate surface area is 227 Å². The summed E-state index contributed by atoms with van der Waals surface area (Å²) in [5.41, 5.74) is 9.31. The zero-order chi connectivity index (χ0) is 27.4. The average molecular weight is 525 g/mol. The lowest BCUT2D eigenvalue weighted by Crippen LogP contribution is -2.59. The molecule has 0 radical (unpaired) electrons. The molecule has 10 nitrogen and oxygen atoms in total. The number of amides is 1. The number of rotatable bonds is 8. The first-order valence-corrected chi connectivity index (χ1v) is 13.1. The Hall–Kier alpha value is -4.49. The highest BCUT2D eigenvalue weighted by Crippen LogP contribution is 2.33. The number of carbonyl (C=O) groups is 1. The van der Waals surface area contributed by atoms with E-state index < -0.39 is 11.6 Å². The lowest BCUT2D eigenvalue weighted by atomic mass is 9.82. The molecule has 5 heterocycles. The fraction of sp³-hybridized carbons (Fsp3) is 0.345. The standard InChI is InChI=1S/C29H32N8O2/c1-3-39-24-14-25(27-22(16-30)18-34-37(27)19-24)21-7-8-26(33-17-21)36-12-9-29(10-13-36,35-28(38)20(2)31)15-23-6-4-5-11-32-23/h4-8,11,14,17-20H,3,9-10,12-13,15,31H2,1-2H3,(H,35,38). The normalized spacial score (nSPS) is 15.5. The number of carbonyl (C=O) groups excluding carboxylic acids is 1.